The number of carbonyl (C=O) groups excluding carboxylic acids is 1. The summed E-state index contributed by atoms with van der Waals surface area (Å²) in [4.78, 5) is 12.0. The van der Waals surface area contributed by atoms with Crippen LogP contribution in [0.1, 0.15) is 16.1 Å². The van der Waals surface area contributed by atoms with Gasteiger partial charge in [0.1, 0.15) is 11.5 Å². The number of aromatic nitrogens is 2. The summed E-state index contributed by atoms with van der Waals surface area (Å²) in [6, 6.07) is 5.71. The van der Waals surface area contributed by atoms with Gasteiger partial charge in [0.15, 0.2) is 0 Å². The standard InChI is InChI=1S/C11H8ClFN2O/c1-15-9(5-6-14-15)11(16)7-3-2-4-8(13)10(7)12/h2-6H,1H3. The van der Waals surface area contributed by atoms with E-state index in [0.717, 1.165) is 0 Å². The van der Waals surface area contributed by atoms with Gasteiger partial charge in [0, 0.05) is 18.8 Å². The van der Waals surface area contributed by atoms with Crippen LogP contribution in [0.25, 0.3) is 0 Å². The van der Waals surface area contributed by atoms with Crippen LogP contribution in [0.4, 0.5) is 4.39 Å². The van der Waals surface area contributed by atoms with Crippen molar-refractivity contribution in [1.82, 2.24) is 9.78 Å². The fourth-order valence-corrected chi connectivity index (χ4v) is 1.63. The molecule has 0 saturated carbocycles. The topological polar surface area (TPSA) is 34.9 Å². The van der Waals surface area contributed by atoms with Gasteiger partial charge in [0.05, 0.1) is 5.02 Å². The van der Waals surface area contributed by atoms with Crippen LogP contribution in [0, 0.1) is 5.82 Å². The Kier molecular flexibility index (Phi) is 2.75. The van der Waals surface area contributed by atoms with E-state index in [-0.39, 0.29) is 16.4 Å². The zero-order valence-corrected chi connectivity index (χ0v) is 9.20. The van der Waals surface area contributed by atoms with Crippen LogP contribution in [0.3, 0.4) is 0 Å². The Morgan fingerprint density at radius 3 is 2.81 bits per heavy atom. The summed E-state index contributed by atoms with van der Waals surface area (Å²) in [6.45, 7) is 0. The van der Waals surface area contributed by atoms with Crippen LogP contribution in [0.15, 0.2) is 30.5 Å². The van der Waals surface area contributed by atoms with E-state index < -0.39 is 5.82 Å². The van der Waals surface area contributed by atoms with Crippen molar-refractivity contribution in [2.24, 2.45) is 7.05 Å². The Labute approximate surface area is 96.5 Å². The summed E-state index contributed by atoms with van der Waals surface area (Å²) in [6.07, 6.45) is 1.50. The molecule has 1 aromatic carbocycles. The molecule has 0 aliphatic rings. The third-order valence-electron chi connectivity index (χ3n) is 2.25. The predicted molar refractivity (Wildman–Crippen MR) is 58.1 cm³/mol. The molecule has 2 aromatic rings. The summed E-state index contributed by atoms with van der Waals surface area (Å²) in [5.74, 6) is -0.945. The molecule has 5 heteroatoms. The first-order valence-corrected chi connectivity index (χ1v) is 4.96. The highest BCUT2D eigenvalue weighted by atomic mass is 35.5. The Balaban J connectivity index is 2.50. The molecule has 0 aliphatic carbocycles. The normalized spacial score (nSPS) is 10.4. The first-order chi connectivity index (χ1) is 7.61. The van der Waals surface area contributed by atoms with E-state index in [1.807, 2.05) is 0 Å². The molecule has 0 radical (unpaired) electrons. The molecule has 0 amide bonds. The van der Waals surface area contributed by atoms with Gasteiger partial charge in [-0.25, -0.2) is 4.39 Å². The maximum Gasteiger partial charge on any atom is 0.212 e. The number of aryl methyl sites for hydroxylation is 1. The van der Waals surface area contributed by atoms with Crippen LogP contribution in [-0.4, -0.2) is 15.6 Å². The lowest BCUT2D eigenvalue weighted by Gasteiger charge is -2.04. The molecule has 3 nitrogen and oxygen atoms in total. The molecule has 0 atom stereocenters. The van der Waals surface area contributed by atoms with Gasteiger partial charge in [-0.3, -0.25) is 9.48 Å². The minimum Gasteiger partial charge on any atom is -0.287 e. The van der Waals surface area contributed by atoms with Gasteiger partial charge >= 0.3 is 0 Å². The number of carbonyl (C=O) groups is 1. The fourth-order valence-electron chi connectivity index (χ4n) is 1.41. The Hall–Kier alpha value is -1.68. The molecule has 1 aromatic heterocycles. The third-order valence-corrected chi connectivity index (χ3v) is 2.63. The van der Waals surface area contributed by atoms with Crippen molar-refractivity contribution in [1.29, 1.82) is 0 Å². The Morgan fingerprint density at radius 2 is 2.19 bits per heavy atom. The maximum atomic E-state index is 13.2. The van der Waals surface area contributed by atoms with E-state index in [1.54, 1.807) is 13.1 Å². The predicted octanol–water partition coefficient (Wildman–Crippen LogP) is 2.44. The average molecular weight is 239 g/mol. The van der Waals surface area contributed by atoms with Crippen LogP contribution >= 0.6 is 11.6 Å². The quantitative estimate of drug-likeness (QED) is 0.754. The number of halogens is 2. The Morgan fingerprint density at radius 1 is 1.44 bits per heavy atom. The van der Waals surface area contributed by atoms with E-state index in [0.29, 0.717) is 5.69 Å². The molecular formula is C11H8ClFN2O. The summed E-state index contributed by atoms with van der Waals surface area (Å²) in [5.41, 5.74) is 0.512. The van der Waals surface area contributed by atoms with Gasteiger partial charge in [-0.15, -0.1) is 0 Å². The van der Waals surface area contributed by atoms with E-state index in [2.05, 4.69) is 5.10 Å². The van der Waals surface area contributed by atoms with E-state index >= 15 is 0 Å². The molecule has 82 valence electrons. The highest BCUT2D eigenvalue weighted by Crippen LogP contribution is 2.22. The van der Waals surface area contributed by atoms with Gasteiger partial charge in [0.2, 0.25) is 5.78 Å². The average Bonchev–Trinajstić information content (AvgIpc) is 2.68. The van der Waals surface area contributed by atoms with Gasteiger partial charge in [-0.05, 0) is 18.2 Å². The molecule has 2 rings (SSSR count). The lowest BCUT2D eigenvalue weighted by Crippen LogP contribution is -2.09. The molecule has 0 aliphatic heterocycles. The molecule has 16 heavy (non-hydrogen) atoms. The zero-order valence-electron chi connectivity index (χ0n) is 8.45. The van der Waals surface area contributed by atoms with Crippen molar-refractivity contribution in [3.05, 3.63) is 52.6 Å². The zero-order chi connectivity index (χ0) is 11.7. The first kappa shape index (κ1) is 10.8. The van der Waals surface area contributed by atoms with Crippen molar-refractivity contribution in [2.75, 3.05) is 0 Å². The second-order valence-corrected chi connectivity index (χ2v) is 3.65. The van der Waals surface area contributed by atoms with E-state index in [9.17, 15) is 9.18 Å². The number of hydrogen-bond donors (Lipinski definition) is 0. The van der Waals surface area contributed by atoms with Crippen molar-refractivity contribution >= 4 is 17.4 Å². The van der Waals surface area contributed by atoms with E-state index in [4.69, 9.17) is 11.6 Å². The summed E-state index contributed by atoms with van der Waals surface area (Å²) in [7, 11) is 1.64. The number of rotatable bonds is 2. The highest BCUT2D eigenvalue weighted by Gasteiger charge is 2.17. The van der Waals surface area contributed by atoms with Crippen molar-refractivity contribution in [2.45, 2.75) is 0 Å². The smallest absolute Gasteiger partial charge is 0.212 e. The molecule has 0 fully saturated rings. The van der Waals surface area contributed by atoms with Gasteiger partial charge in [0.25, 0.3) is 0 Å². The fraction of sp³-hybridized carbons (Fsp3) is 0.0909. The van der Waals surface area contributed by atoms with Crippen molar-refractivity contribution in [3.8, 4) is 0 Å². The second kappa shape index (κ2) is 4.06. The molecule has 0 saturated heterocycles. The molecule has 0 bridgehead atoms. The van der Waals surface area contributed by atoms with Gasteiger partial charge < -0.3 is 0 Å². The number of nitrogens with zero attached hydrogens (tertiary/aromatic N) is 2. The number of ketones is 1. The monoisotopic (exact) mass is 238 g/mol. The number of benzene rings is 1. The van der Waals surface area contributed by atoms with Gasteiger partial charge in [-0.2, -0.15) is 5.10 Å². The molecule has 0 N–H and O–H groups in total. The maximum absolute atomic E-state index is 13.2. The molecular weight excluding hydrogens is 231 g/mol. The van der Waals surface area contributed by atoms with Crippen molar-refractivity contribution < 1.29 is 9.18 Å². The molecule has 0 unspecified atom stereocenters. The lowest BCUT2D eigenvalue weighted by atomic mass is 10.1. The van der Waals surface area contributed by atoms with Gasteiger partial charge in [-0.1, -0.05) is 17.7 Å². The van der Waals surface area contributed by atoms with Crippen molar-refractivity contribution in [3.63, 3.8) is 0 Å². The van der Waals surface area contributed by atoms with Crippen LogP contribution in [-0.2, 0) is 7.05 Å². The summed E-state index contributed by atoms with van der Waals surface area (Å²) in [5, 5.41) is 3.72. The van der Waals surface area contributed by atoms with E-state index in [1.165, 1.54) is 29.1 Å². The molecule has 1 heterocycles. The largest absolute Gasteiger partial charge is 0.287 e. The SMILES string of the molecule is Cn1nccc1C(=O)c1cccc(F)c1Cl. The first-order valence-electron chi connectivity index (χ1n) is 4.58. The lowest BCUT2D eigenvalue weighted by molar-refractivity contribution is 0.103. The minimum atomic E-state index is -0.602. The minimum absolute atomic E-state index is 0.144. The highest BCUT2D eigenvalue weighted by molar-refractivity contribution is 6.35. The molecule has 0 spiro atoms. The summed E-state index contributed by atoms with van der Waals surface area (Å²) < 4.78 is 14.6. The van der Waals surface area contributed by atoms with Crippen LogP contribution in [0.5, 0.6) is 0 Å². The second-order valence-electron chi connectivity index (χ2n) is 3.27. The summed E-state index contributed by atoms with van der Waals surface area (Å²) >= 11 is 5.73. The third kappa shape index (κ3) is 1.72. The van der Waals surface area contributed by atoms with Crippen LogP contribution < -0.4 is 0 Å². The number of hydrogen-bond acceptors (Lipinski definition) is 2. The Bertz CT molecular complexity index is 551. The van der Waals surface area contributed by atoms with Crippen LogP contribution in [0.2, 0.25) is 5.02 Å².